The molecule has 1 aliphatic carbocycles. The minimum absolute atomic E-state index is 0.361. The lowest BCUT2D eigenvalue weighted by atomic mass is 10.2. The molecule has 1 fully saturated rings. The van der Waals surface area contributed by atoms with Crippen LogP contribution in [0.1, 0.15) is 29.0 Å². The second-order valence-corrected chi connectivity index (χ2v) is 4.33. The molecule has 0 aromatic carbocycles. The Bertz CT molecular complexity index is 422. The molecular formula is C11H14F2N2O. The summed E-state index contributed by atoms with van der Waals surface area (Å²) in [6, 6.07) is 3.43. The molecule has 1 aliphatic rings. The number of amides is 1. The molecule has 3 nitrogen and oxygen atoms in total. The summed E-state index contributed by atoms with van der Waals surface area (Å²) in [5.74, 6) is -0.423. The van der Waals surface area contributed by atoms with Crippen molar-refractivity contribution in [1.29, 1.82) is 0 Å². The third kappa shape index (κ3) is 1.70. The maximum Gasteiger partial charge on any atom is 0.268 e. The van der Waals surface area contributed by atoms with E-state index in [9.17, 15) is 13.6 Å². The van der Waals surface area contributed by atoms with Crippen LogP contribution in [0.25, 0.3) is 0 Å². The Hall–Kier alpha value is -1.39. The molecule has 16 heavy (non-hydrogen) atoms. The standard InChI is InChI=1S/C11H14F2N2O/c1-7-3-4-8(15(7)2)9(16)14-11(5-6-11)10(12)13/h3-4,10H,5-6H2,1-2H3,(H,14,16). The number of hydrogen-bond acceptors (Lipinski definition) is 1. The number of rotatable bonds is 3. The number of nitrogens with one attached hydrogen (secondary N) is 1. The van der Waals surface area contributed by atoms with Gasteiger partial charge in [0.25, 0.3) is 12.3 Å². The zero-order chi connectivity index (χ0) is 11.9. The number of hydrogen-bond donors (Lipinski definition) is 1. The first kappa shape index (κ1) is 11.1. The summed E-state index contributed by atoms with van der Waals surface area (Å²) < 4.78 is 27.0. The van der Waals surface area contributed by atoms with Crippen molar-refractivity contribution in [2.24, 2.45) is 7.05 Å². The Balaban J connectivity index is 2.12. The monoisotopic (exact) mass is 228 g/mol. The normalized spacial score (nSPS) is 17.6. The van der Waals surface area contributed by atoms with E-state index in [2.05, 4.69) is 5.32 Å². The largest absolute Gasteiger partial charge is 0.344 e. The molecule has 1 saturated carbocycles. The molecule has 1 aromatic rings. The topological polar surface area (TPSA) is 34.0 Å². The van der Waals surface area contributed by atoms with Gasteiger partial charge in [0.05, 0.1) is 0 Å². The van der Waals surface area contributed by atoms with Gasteiger partial charge in [0.2, 0.25) is 0 Å². The number of alkyl halides is 2. The number of nitrogens with zero attached hydrogens (tertiary/aromatic N) is 1. The summed E-state index contributed by atoms with van der Waals surface area (Å²) in [6.45, 7) is 1.86. The van der Waals surface area contributed by atoms with E-state index in [1.807, 2.05) is 6.92 Å². The highest BCUT2D eigenvalue weighted by molar-refractivity contribution is 5.93. The molecule has 0 saturated heterocycles. The molecule has 1 heterocycles. The third-order valence-corrected chi connectivity index (χ3v) is 3.17. The van der Waals surface area contributed by atoms with E-state index in [-0.39, 0.29) is 0 Å². The summed E-state index contributed by atoms with van der Waals surface area (Å²) in [6.07, 6.45) is -1.77. The van der Waals surface area contributed by atoms with Crippen molar-refractivity contribution in [1.82, 2.24) is 9.88 Å². The SMILES string of the molecule is Cc1ccc(C(=O)NC2(C(F)F)CC2)n1C. The number of aromatic nitrogens is 1. The van der Waals surface area contributed by atoms with Gasteiger partial charge in [0.15, 0.2) is 0 Å². The second-order valence-electron chi connectivity index (χ2n) is 4.33. The maximum absolute atomic E-state index is 12.6. The minimum atomic E-state index is -2.49. The van der Waals surface area contributed by atoms with Gasteiger partial charge >= 0.3 is 0 Å². The van der Waals surface area contributed by atoms with E-state index in [4.69, 9.17) is 0 Å². The molecular weight excluding hydrogens is 214 g/mol. The quantitative estimate of drug-likeness (QED) is 0.841. The Morgan fingerprint density at radius 1 is 1.50 bits per heavy atom. The first-order valence-corrected chi connectivity index (χ1v) is 5.19. The van der Waals surface area contributed by atoms with Crippen molar-refractivity contribution < 1.29 is 13.6 Å². The van der Waals surface area contributed by atoms with Crippen LogP contribution >= 0.6 is 0 Å². The van der Waals surface area contributed by atoms with Gasteiger partial charge < -0.3 is 9.88 Å². The smallest absolute Gasteiger partial charge is 0.268 e. The zero-order valence-electron chi connectivity index (χ0n) is 9.26. The highest BCUT2D eigenvalue weighted by Crippen LogP contribution is 2.41. The van der Waals surface area contributed by atoms with E-state index >= 15 is 0 Å². The van der Waals surface area contributed by atoms with Gasteiger partial charge in [-0.25, -0.2) is 8.78 Å². The lowest BCUT2D eigenvalue weighted by Gasteiger charge is -2.16. The van der Waals surface area contributed by atoms with Crippen LogP contribution in [0.5, 0.6) is 0 Å². The fourth-order valence-corrected chi connectivity index (χ4v) is 1.66. The van der Waals surface area contributed by atoms with E-state index in [1.165, 1.54) is 0 Å². The summed E-state index contributed by atoms with van der Waals surface area (Å²) in [5.41, 5.74) is 0.0754. The molecule has 1 aromatic heterocycles. The molecule has 0 bridgehead atoms. The molecule has 0 atom stereocenters. The van der Waals surface area contributed by atoms with Crippen LogP contribution in [-0.2, 0) is 7.05 Å². The number of carbonyl (C=O) groups is 1. The van der Waals surface area contributed by atoms with Gasteiger partial charge in [0.1, 0.15) is 11.2 Å². The van der Waals surface area contributed by atoms with Crippen molar-refractivity contribution in [2.75, 3.05) is 0 Å². The number of aryl methyl sites for hydroxylation is 1. The molecule has 88 valence electrons. The van der Waals surface area contributed by atoms with Gasteiger partial charge in [0, 0.05) is 12.7 Å². The van der Waals surface area contributed by atoms with Gasteiger partial charge in [-0.15, -0.1) is 0 Å². The van der Waals surface area contributed by atoms with Crippen LogP contribution in [0.2, 0.25) is 0 Å². The van der Waals surface area contributed by atoms with Crippen molar-refractivity contribution in [2.45, 2.75) is 31.7 Å². The Morgan fingerprint density at radius 2 is 2.12 bits per heavy atom. The first-order valence-electron chi connectivity index (χ1n) is 5.19. The van der Waals surface area contributed by atoms with Gasteiger partial charge in [-0.1, -0.05) is 0 Å². The van der Waals surface area contributed by atoms with Crippen LogP contribution in [0.3, 0.4) is 0 Å². The molecule has 0 aliphatic heterocycles. The average Bonchev–Trinajstić information content (AvgIpc) is 2.91. The Morgan fingerprint density at radius 3 is 2.50 bits per heavy atom. The Labute approximate surface area is 92.4 Å². The number of halogens is 2. The third-order valence-electron chi connectivity index (χ3n) is 3.17. The van der Waals surface area contributed by atoms with Crippen LogP contribution in [0.15, 0.2) is 12.1 Å². The van der Waals surface area contributed by atoms with Crippen LogP contribution in [0.4, 0.5) is 8.78 Å². The van der Waals surface area contributed by atoms with E-state index in [1.54, 1.807) is 23.7 Å². The molecule has 0 spiro atoms. The molecule has 1 amide bonds. The van der Waals surface area contributed by atoms with E-state index in [0.29, 0.717) is 18.5 Å². The summed E-state index contributed by atoms with van der Waals surface area (Å²) in [5, 5.41) is 2.43. The fraction of sp³-hybridized carbons (Fsp3) is 0.545. The van der Waals surface area contributed by atoms with E-state index < -0.39 is 17.9 Å². The molecule has 2 rings (SSSR count). The van der Waals surface area contributed by atoms with Crippen molar-refractivity contribution >= 4 is 5.91 Å². The fourth-order valence-electron chi connectivity index (χ4n) is 1.66. The maximum atomic E-state index is 12.6. The van der Waals surface area contributed by atoms with Crippen molar-refractivity contribution in [3.8, 4) is 0 Å². The van der Waals surface area contributed by atoms with Crippen LogP contribution < -0.4 is 5.32 Å². The predicted octanol–water partition coefficient (Wildman–Crippen LogP) is 1.86. The lowest BCUT2D eigenvalue weighted by molar-refractivity contribution is 0.0674. The molecule has 0 unspecified atom stereocenters. The molecule has 0 radical (unpaired) electrons. The Kier molecular flexibility index (Phi) is 2.48. The summed E-state index contributed by atoms with van der Waals surface area (Å²) >= 11 is 0. The van der Waals surface area contributed by atoms with Crippen molar-refractivity contribution in [3.63, 3.8) is 0 Å². The van der Waals surface area contributed by atoms with Gasteiger partial charge in [-0.05, 0) is 31.9 Å². The summed E-state index contributed by atoms with van der Waals surface area (Å²) in [7, 11) is 1.74. The number of carbonyl (C=O) groups excluding carboxylic acids is 1. The van der Waals surface area contributed by atoms with Gasteiger partial charge in [-0.3, -0.25) is 4.79 Å². The highest BCUT2D eigenvalue weighted by atomic mass is 19.3. The van der Waals surface area contributed by atoms with Gasteiger partial charge in [-0.2, -0.15) is 0 Å². The summed E-state index contributed by atoms with van der Waals surface area (Å²) in [4.78, 5) is 11.8. The minimum Gasteiger partial charge on any atom is -0.344 e. The van der Waals surface area contributed by atoms with E-state index in [0.717, 1.165) is 5.69 Å². The van der Waals surface area contributed by atoms with Crippen LogP contribution in [-0.4, -0.2) is 22.4 Å². The zero-order valence-corrected chi connectivity index (χ0v) is 9.26. The second kappa shape index (κ2) is 3.57. The van der Waals surface area contributed by atoms with Crippen molar-refractivity contribution in [3.05, 3.63) is 23.5 Å². The molecule has 5 heteroatoms. The lowest BCUT2D eigenvalue weighted by Crippen LogP contribution is -2.42. The average molecular weight is 228 g/mol. The molecule has 1 N–H and O–H groups in total. The predicted molar refractivity (Wildman–Crippen MR) is 55.6 cm³/mol. The first-order chi connectivity index (χ1) is 7.46. The highest BCUT2D eigenvalue weighted by Gasteiger charge is 2.52. The van der Waals surface area contributed by atoms with Crippen LogP contribution in [0, 0.1) is 6.92 Å².